The van der Waals surface area contributed by atoms with Gasteiger partial charge in [-0.25, -0.2) is 8.42 Å². The molecule has 26 heavy (non-hydrogen) atoms. The zero-order valence-corrected chi connectivity index (χ0v) is 17.3. The second kappa shape index (κ2) is 8.05. The zero-order valence-electron chi connectivity index (χ0n) is 14.3. The molecule has 5 nitrogen and oxygen atoms in total. The van der Waals surface area contributed by atoms with Crippen LogP contribution in [0.1, 0.15) is 12.5 Å². The van der Waals surface area contributed by atoms with Crippen LogP contribution in [0.3, 0.4) is 0 Å². The quantitative estimate of drug-likeness (QED) is 0.737. The Morgan fingerprint density at radius 3 is 2.38 bits per heavy atom. The maximum absolute atomic E-state index is 12.7. The van der Waals surface area contributed by atoms with Crippen molar-refractivity contribution in [3.05, 3.63) is 57.0 Å². The molecule has 1 atom stereocenters. The van der Waals surface area contributed by atoms with E-state index >= 15 is 0 Å². The monoisotopic (exact) mass is 434 g/mol. The molecule has 0 aliphatic heterocycles. The van der Waals surface area contributed by atoms with Crippen LogP contribution in [0.15, 0.2) is 36.4 Å². The zero-order chi connectivity index (χ0) is 19.6. The Kier molecular flexibility index (Phi) is 6.45. The first-order valence-electron chi connectivity index (χ1n) is 7.53. The highest BCUT2D eigenvalue weighted by atomic mass is 35.5. The highest BCUT2D eigenvalue weighted by Crippen LogP contribution is 2.32. The van der Waals surface area contributed by atoms with Crippen LogP contribution in [-0.4, -0.2) is 26.6 Å². The van der Waals surface area contributed by atoms with Gasteiger partial charge in [0, 0.05) is 15.7 Å². The van der Waals surface area contributed by atoms with Gasteiger partial charge in [0.15, 0.2) is 0 Å². The van der Waals surface area contributed by atoms with Gasteiger partial charge in [0.25, 0.3) is 0 Å². The summed E-state index contributed by atoms with van der Waals surface area (Å²) >= 11 is 18.2. The van der Waals surface area contributed by atoms with Crippen LogP contribution >= 0.6 is 34.8 Å². The Balaban J connectivity index is 2.41. The Morgan fingerprint density at radius 2 is 1.77 bits per heavy atom. The van der Waals surface area contributed by atoms with E-state index in [1.54, 1.807) is 25.1 Å². The summed E-state index contributed by atoms with van der Waals surface area (Å²) in [6.07, 6.45) is 0.999. The maximum atomic E-state index is 12.7. The minimum Gasteiger partial charge on any atom is -0.324 e. The normalized spacial score (nSPS) is 12.5. The number of rotatable bonds is 5. The van der Waals surface area contributed by atoms with Crippen molar-refractivity contribution in [1.29, 1.82) is 0 Å². The first kappa shape index (κ1) is 20.8. The van der Waals surface area contributed by atoms with Crippen molar-refractivity contribution in [2.24, 2.45) is 0 Å². The first-order chi connectivity index (χ1) is 12.0. The number of hydrogen-bond acceptors (Lipinski definition) is 3. The number of anilines is 2. The molecule has 2 aromatic carbocycles. The fourth-order valence-corrected chi connectivity index (χ4v) is 4.19. The van der Waals surface area contributed by atoms with Crippen molar-refractivity contribution in [1.82, 2.24) is 0 Å². The molecule has 0 saturated heterocycles. The molecule has 2 rings (SSSR count). The summed E-state index contributed by atoms with van der Waals surface area (Å²) in [5.41, 5.74) is 1.31. The highest BCUT2D eigenvalue weighted by molar-refractivity contribution is 7.92. The minimum absolute atomic E-state index is 0.132. The molecule has 140 valence electrons. The van der Waals surface area contributed by atoms with Gasteiger partial charge in [0.2, 0.25) is 15.9 Å². The number of carbonyl (C=O) groups excluding carboxylic acids is 1. The SMILES string of the molecule is Cc1c(Cl)cccc1NC(=O)[C@H](C)N(c1cc(Cl)ccc1Cl)S(C)(=O)=O. The average molecular weight is 436 g/mol. The molecule has 2 aromatic rings. The van der Waals surface area contributed by atoms with Gasteiger partial charge in [-0.15, -0.1) is 0 Å². The lowest BCUT2D eigenvalue weighted by Crippen LogP contribution is -2.45. The van der Waals surface area contributed by atoms with Gasteiger partial charge in [-0.1, -0.05) is 40.9 Å². The third-order valence-corrected chi connectivity index (χ3v) is 5.95. The summed E-state index contributed by atoms with van der Waals surface area (Å²) in [6, 6.07) is 8.42. The van der Waals surface area contributed by atoms with Crippen molar-refractivity contribution in [3.63, 3.8) is 0 Å². The molecule has 0 radical (unpaired) electrons. The highest BCUT2D eigenvalue weighted by Gasteiger charge is 2.31. The van der Waals surface area contributed by atoms with Crippen LogP contribution in [0.5, 0.6) is 0 Å². The van der Waals surface area contributed by atoms with E-state index in [1.165, 1.54) is 25.1 Å². The third-order valence-electron chi connectivity index (χ3n) is 3.76. The van der Waals surface area contributed by atoms with E-state index in [-0.39, 0.29) is 10.7 Å². The molecule has 0 heterocycles. The van der Waals surface area contributed by atoms with E-state index in [0.29, 0.717) is 21.3 Å². The predicted octanol–water partition coefficient (Wildman–Crippen LogP) is 4.75. The number of nitrogens with one attached hydrogen (secondary N) is 1. The molecule has 9 heteroatoms. The summed E-state index contributed by atoms with van der Waals surface area (Å²) in [7, 11) is -3.81. The third kappa shape index (κ3) is 4.62. The predicted molar refractivity (Wildman–Crippen MR) is 108 cm³/mol. The summed E-state index contributed by atoms with van der Waals surface area (Å²) in [5.74, 6) is -0.531. The largest absolute Gasteiger partial charge is 0.324 e. The number of carbonyl (C=O) groups is 1. The molecular formula is C17H17Cl3N2O3S. The second-order valence-corrected chi connectivity index (χ2v) is 8.84. The smallest absolute Gasteiger partial charge is 0.248 e. The van der Waals surface area contributed by atoms with E-state index in [0.717, 1.165) is 10.6 Å². The van der Waals surface area contributed by atoms with Crippen molar-refractivity contribution in [2.75, 3.05) is 15.9 Å². The van der Waals surface area contributed by atoms with Crippen LogP contribution in [0.4, 0.5) is 11.4 Å². The summed E-state index contributed by atoms with van der Waals surface area (Å²) in [6.45, 7) is 3.22. The lowest BCUT2D eigenvalue weighted by atomic mass is 10.2. The van der Waals surface area contributed by atoms with Gasteiger partial charge in [-0.3, -0.25) is 9.10 Å². The van der Waals surface area contributed by atoms with Crippen LogP contribution in [0.2, 0.25) is 15.1 Å². The molecule has 1 amide bonds. The second-order valence-electron chi connectivity index (χ2n) is 5.73. The molecule has 0 spiro atoms. The fourth-order valence-electron chi connectivity index (χ4n) is 2.42. The molecular weight excluding hydrogens is 419 g/mol. The number of hydrogen-bond donors (Lipinski definition) is 1. The van der Waals surface area contributed by atoms with Crippen LogP contribution in [0.25, 0.3) is 0 Å². The average Bonchev–Trinajstić information content (AvgIpc) is 2.54. The number of halogens is 3. The minimum atomic E-state index is -3.81. The molecule has 0 aliphatic carbocycles. The Morgan fingerprint density at radius 1 is 1.12 bits per heavy atom. The molecule has 0 unspecified atom stereocenters. The Labute approximate surface area is 167 Å². The Hall–Kier alpha value is -1.47. The molecule has 0 aliphatic rings. The fraction of sp³-hybridized carbons (Fsp3) is 0.235. The van der Waals surface area contributed by atoms with Crippen molar-refractivity contribution in [2.45, 2.75) is 19.9 Å². The van der Waals surface area contributed by atoms with E-state index in [4.69, 9.17) is 34.8 Å². The number of sulfonamides is 1. The molecule has 1 N–H and O–H groups in total. The maximum Gasteiger partial charge on any atom is 0.248 e. The van der Waals surface area contributed by atoms with Crippen molar-refractivity contribution < 1.29 is 13.2 Å². The number of amides is 1. The van der Waals surface area contributed by atoms with Gasteiger partial charge < -0.3 is 5.32 Å². The molecule has 0 saturated carbocycles. The Bertz CT molecular complexity index is 948. The molecule has 0 aromatic heterocycles. The van der Waals surface area contributed by atoms with Crippen LogP contribution < -0.4 is 9.62 Å². The molecule has 0 fully saturated rings. The van der Waals surface area contributed by atoms with E-state index in [2.05, 4.69) is 5.32 Å². The van der Waals surface area contributed by atoms with Crippen molar-refractivity contribution >= 4 is 62.1 Å². The molecule has 0 bridgehead atoms. The van der Waals surface area contributed by atoms with E-state index in [1.807, 2.05) is 0 Å². The van der Waals surface area contributed by atoms with Gasteiger partial charge in [0.05, 0.1) is 17.0 Å². The van der Waals surface area contributed by atoms with Crippen molar-refractivity contribution in [3.8, 4) is 0 Å². The lowest BCUT2D eigenvalue weighted by molar-refractivity contribution is -0.116. The van der Waals surface area contributed by atoms with E-state index in [9.17, 15) is 13.2 Å². The van der Waals surface area contributed by atoms with E-state index < -0.39 is 22.0 Å². The van der Waals surface area contributed by atoms with Gasteiger partial charge in [-0.2, -0.15) is 0 Å². The summed E-state index contributed by atoms with van der Waals surface area (Å²) < 4.78 is 25.6. The summed E-state index contributed by atoms with van der Waals surface area (Å²) in [4.78, 5) is 12.7. The lowest BCUT2D eigenvalue weighted by Gasteiger charge is -2.29. The summed E-state index contributed by atoms with van der Waals surface area (Å²) in [5, 5.41) is 3.66. The topological polar surface area (TPSA) is 66.5 Å². The number of nitrogens with zero attached hydrogens (tertiary/aromatic N) is 1. The first-order valence-corrected chi connectivity index (χ1v) is 10.5. The van der Waals surface area contributed by atoms with Gasteiger partial charge in [-0.05, 0) is 49.7 Å². The van der Waals surface area contributed by atoms with Crippen LogP contribution in [-0.2, 0) is 14.8 Å². The standard InChI is InChI=1S/C17H17Cl3N2O3S/c1-10-13(19)5-4-6-15(10)21-17(23)11(2)22(26(3,24)25)16-9-12(18)7-8-14(16)20/h4-9,11H,1-3H3,(H,21,23)/t11-/m0/s1. The van der Waals surface area contributed by atoms with Gasteiger partial charge in [0.1, 0.15) is 6.04 Å². The van der Waals surface area contributed by atoms with Gasteiger partial charge >= 0.3 is 0 Å². The number of benzene rings is 2. The van der Waals surface area contributed by atoms with Crippen LogP contribution in [0, 0.1) is 6.92 Å².